The van der Waals surface area contributed by atoms with Crippen LogP contribution >= 0.6 is 7.29 Å². The number of aromatic amines is 1. The largest absolute Gasteiger partial charge is 0.497 e. The van der Waals surface area contributed by atoms with Crippen molar-refractivity contribution in [2.75, 3.05) is 53.5 Å². The number of nitriles is 1. The number of nitrogens with one attached hydrogen (secondary N) is 3. The van der Waals surface area contributed by atoms with Gasteiger partial charge in [-0.15, -0.1) is 0 Å². The molecule has 3 N–H and O–H groups in total. The number of nitrogens with zero attached hydrogens (tertiary/aromatic N) is 7. The van der Waals surface area contributed by atoms with Crippen molar-refractivity contribution in [2.45, 2.75) is 100 Å². The van der Waals surface area contributed by atoms with Crippen LogP contribution in [0.4, 0.5) is 5.82 Å². The second-order valence-electron chi connectivity index (χ2n) is 20.8. The van der Waals surface area contributed by atoms with Gasteiger partial charge in [-0.2, -0.15) is 5.26 Å². The van der Waals surface area contributed by atoms with Crippen LogP contribution in [0.2, 0.25) is 0 Å². The second kappa shape index (κ2) is 26.1. The molecule has 2 aliphatic heterocycles. The van der Waals surface area contributed by atoms with Crippen molar-refractivity contribution in [3.05, 3.63) is 177 Å². The summed E-state index contributed by atoms with van der Waals surface area (Å²) < 4.78 is 65.1. The van der Waals surface area contributed by atoms with Crippen molar-refractivity contribution in [1.29, 1.82) is 5.26 Å². The first-order valence-electron chi connectivity index (χ1n) is 27.3. The van der Waals surface area contributed by atoms with E-state index in [9.17, 15) is 19.6 Å². The van der Waals surface area contributed by atoms with Gasteiger partial charge in [-0.25, -0.2) is 24.4 Å². The Bertz CT molecular complexity index is 3500. The number of carbonyl (C=O) groups is 2. The molecule has 0 bridgehead atoms. The molecule has 7 aromatic rings. The molecule has 0 unspecified atom stereocenters. The third-order valence-electron chi connectivity index (χ3n) is 15.6. The normalized spacial score (nSPS) is 20.9. The minimum Gasteiger partial charge on any atom is -0.497 e. The number of fused-ring (bicyclic) bond motifs is 1. The third-order valence-corrected chi connectivity index (χ3v) is 19.8. The second-order valence-corrected chi connectivity index (χ2v) is 24.7. The fourth-order valence-electron chi connectivity index (χ4n) is 11.6. The Balaban J connectivity index is 1.10. The average molecular weight is 1150 g/mol. The number of carbonyl (C=O) groups excluding carboxylic acids is 2. The first-order valence-corrected chi connectivity index (χ1v) is 29.1. The molecule has 23 heteroatoms. The summed E-state index contributed by atoms with van der Waals surface area (Å²) in [5, 5.41) is 15.9. The lowest BCUT2D eigenvalue weighted by Crippen LogP contribution is -2.52. The van der Waals surface area contributed by atoms with Gasteiger partial charge in [0.1, 0.15) is 35.6 Å². The van der Waals surface area contributed by atoms with E-state index >= 15 is 9.36 Å². The van der Waals surface area contributed by atoms with Gasteiger partial charge in [0.2, 0.25) is 5.91 Å². The first kappa shape index (κ1) is 59.7. The maximum absolute atomic E-state index is 15.5. The summed E-state index contributed by atoms with van der Waals surface area (Å²) in [7, 11) is 2.79. The molecule has 0 radical (unpaired) electrons. The van der Waals surface area contributed by atoms with Crippen molar-refractivity contribution in [2.24, 2.45) is 5.92 Å². The maximum Gasteiger partial charge on any atom is 0.330 e. The van der Waals surface area contributed by atoms with Crippen LogP contribution < -0.4 is 31.4 Å². The van der Waals surface area contributed by atoms with E-state index in [0.29, 0.717) is 22.7 Å². The molecule has 2 fully saturated rings. The van der Waals surface area contributed by atoms with Crippen LogP contribution in [0.25, 0.3) is 11.2 Å². The first-order chi connectivity index (χ1) is 40.1. The van der Waals surface area contributed by atoms with Crippen molar-refractivity contribution in [3.8, 4) is 17.6 Å². The Hall–Kier alpha value is -7.87. The summed E-state index contributed by atoms with van der Waals surface area (Å²) >= 11 is 0. The molecular weight excluding hydrogens is 1080 g/mol. The maximum atomic E-state index is 15.5. The molecule has 0 spiro atoms. The highest BCUT2D eigenvalue weighted by Crippen LogP contribution is 2.61. The third kappa shape index (κ3) is 12.0. The van der Waals surface area contributed by atoms with Gasteiger partial charge in [0.15, 0.2) is 36.7 Å². The molecule has 5 heterocycles. The zero-order chi connectivity index (χ0) is 59.0. The fraction of sp³-hybridized carbons (Fsp3) is 0.400. The highest BCUT2D eigenvalue weighted by molar-refractivity contribution is 7.62. The Morgan fingerprint density at radius 1 is 0.771 bits per heavy atom. The number of hydrogen-bond donors (Lipinski definition) is 3. The van der Waals surface area contributed by atoms with E-state index in [2.05, 4.69) is 36.6 Å². The number of aromatic nitrogens is 6. The monoisotopic (exact) mass is 1150 g/mol. The van der Waals surface area contributed by atoms with E-state index in [1.165, 1.54) is 43.7 Å². The molecule has 9 rings (SSSR count). The van der Waals surface area contributed by atoms with E-state index in [0.717, 1.165) is 16.7 Å². The molecule has 83 heavy (non-hydrogen) atoms. The minimum atomic E-state index is -3.37. The lowest BCUT2D eigenvalue weighted by molar-refractivity contribution is -0.125. The van der Waals surface area contributed by atoms with Gasteiger partial charge in [0.05, 0.1) is 51.5 Å². The number of imidazole rings is 1. The summed E-state index contributed by atoms with van der Waals surface area (Å²) in [6.07, 6.45) is -1.89. The van der Waals surface area contributed by atoms with Crippen LogP contribution in [0.1, 0.15) is 80.0 Å². The van der Waals surface area contributed by atoms with E-state index < -0.39 is 84.8 Å². The van der Waals surface area contributed by atoms with Gasteiger partial charge in [0.25, 0.3) is 11.5 Å². The van der Waals surface area contributed by atoms with Gasteiger partial charge < -0.3 is 48.4 Å². The zero-order valence-electron chi connectivity index (χ0n) is 47.5. The predicted octanol–water partition coefficient (Wildman–Crippen LogP) is 7.28. The van der Waals surface area contributed by atoms with Gasteiger partial charge >= 0.3 is 5.69 Å². The number of methoxy groups -OCH3 is 4. The number of rotatable bonds is 24. The SMILES string of the molecule is COc1ccc(C(OC[C@H]2O[C@@H](n3cnc4c(NC(=O)c5ccccc5)ncnc43)[C@H](OC)[C@@H]2CC(=O)NC[C@H]2O[C@@H](n3ccc(=O)[nH]c3=O)[C@H](OC)[C@@H]2N(CCC#N)P(=O)(C(C)C)C(C)C)(c2ccccc2)c2ccc(OC)cc2)cc1. The lowest BCUT2D eigenvalue weighted by Gasteiger charge is -2.43. The number of amides is 2. The summed E-state index contributed by atoms with van der Waals surface area (Å²) in [6, 6.07) is 36.2. The summed E-state index contributed by atoms with van der Waals surface area (Å²) in [5.74, 6) is -0.167. The van der Waals surface area contributed by atoms with Crippen LogP contribution in [0.3, 0.4) is 0 Å². The van der Waals surface area contributed by atoms with Crippen molar-refractivity contribution in [1.82, 2.24) is 39.1 Å². The zero-order valence-corrected chi connectivity index (χ0v) is 48.4. The molecule has 0 saturated carbocycles. The van der Waals surface area contributed by atoms with Crippen LogP contribution in [-0.2, 0) is 38.6 Å². The van der Waals surface area contributed by atoms with Gasteiger partial charge in [0, 0.05) is 75.2 Å². The molecule has 2 amide bonds. The highest BCUT2D eigenvalue weighted by atomic mass is 31.2. The average Bonchev–Trinajstić information content (AvgIpc) is 4.41. The van der Waals surface area contributed by atoms with Crippen molar-refractivity contribution in [3.63, 3.8) is 0 Å². The molecule has 22 nitrogen and oxygen atoms in total. The van der Waals surface area contributed by atoms with Gasteiger partial charge in [-0.3, -0.25) is 28.5 Å². The van der Waals surface area contributed by atoms with Gasteiger partial charge in [-0.05, 0) is 53.1 Å². The Morgan fingerprint density at radius 3 is 1.94 bits per heavy atom. The quantitative estimate of drug-likeness (QED) is 0.0396. The standard InChI is InChI=1S/C60H69N10O12P/c1-37(2)83(75,38(3)4)70(30-15-29-61)51-46(81-58(53(51)79-8)68-31-28-48(71)66-59(68)74)33-62-49(72)32-45-47(82-57(52(45)78-7)69-36-65-50-54(63-35-64-55(50)69)67-56(73)39-16-11-9-12-17-39)34-80-60(40-18-13-10-14-19-40,41-20-24-43(76-5)25-21-41)42-22-26-44(77-6)27-23-42/h9-14,16-28,31,35-38,45-47,51-53,57-58H,15,30,32-34H2,1-8H3,(H,62,72)(H,66,71,74)(H,63,64,67,73)/t45-,46-,47-,51-,52-,53-,57-,58-/m1/s1. The number of anilines is 1. The fourth-order valence-corrected chi connectivity index (χ4v) is 15.1. The Kier molecular flexibility index (Phi) is 18.8. The smallest absolute Gasteiger partial charge is 0.330 e. The van der Waals surface area contributed by atoms with E-state index in [-0.39, 0.29) is 55.2 Å². The van der Waals surface area contributed by atoms with Crippen LogP contribution in [0.5, 0.6) is 11.5 Å². The molecule has 2 aliphatic rings. The topological polar surface area (TPSA) is 265 Å². The molecule has 3 aromatic heterocycles. The van der Waals surface area contributed by atoms with Crippen LogP contribution in [0.15, 0.2) is 144 Å². The van der Waals surface area contributed by atoms with Crippen LogP contribution in [0, 0.1) is 17.2 Å². The Morgan fingerprint density at radius 2 is 1.36 bits per heavy atom. The number of H-pyrrole nitrogens is 1. The molecular formula is C60H69N10O12P. The van der Waals surface area contributed by atoms with E-state index in [1.807, 2.05) is 113 Å². The predicted molar refractivity (Wildman–Crippen MR) is 308 cm³/mol. The number of ether oxygens (including phenoxy) is 7. The van der Waals surface area contributed by atoms with E-state index in [4.69, 9.17) is 33.2 Å². The summed E-state index contributed by atoms with van der Waals surface area (Å²) in [5.41, 5.74) is -0.120. The number of benzene rings is 4. The minimum absolute atomic E-state index is 0.00772. The molecule has 0 aliphatic carbocycles. The molecule has 4 aromatic carbocycles. The molecule has 436 valence electrons. The van der Waals surface area contributed by atoms with E-state index in [1.54, 1.807) is 47.7 Å². The number of hydrogen-bond acceptors (Lipinski definition) is 16. The highest BCUT2D eigenvalue weighted by Gasteiger charge is 2.55. The van der Waals surface area contributed by atoms with Crippen molar-refractivity contribution >= 4 is 36.1 Å². The summed E-state index contributed by atoms with van der Waals surface area (Å²) in [4.78, 5) is 70.1. The molecule has 2 saturated heterocycles. The van der Waals surface area contributed by atoms with Crippen molar-refractivity contribution < 1.29 is 47.3 Å². The van der Waals surface area contributed by atoms with Crippen LogP contribution in [-0.4, -0.2) is 135 Å². The van der Waals surface area contributed by atoms with Gasteiger partial charge in [-0.1, -0.05) is 100 Å². The Labute approximate surface area is 480 Å². The molecule has 8 atom stereocenters. The lowest BCUT2D eigenvalue weighted by atomic mass is 9.79. The summed E-state index contributed by atoms with van der Waals surface area (Å²) in [6.45, 7) is 7.24.